The molecule has 0 bridgehead atoms. The summed E-state index contributed by atoms with van der Waals surface area (Å²) in [6.45, 7) is 0. The molecule has 5 heteroatoms. The Balaban J connectivity index is 2.26. The van der Waals surface area contributed by atoms with E-state index in [0.29, 0.717) is 5.02 Å². The van der Waals surface area contributed by atoms with E-state index in [9.17, 15) is 8.42 Å². The van der Waals surface area contributed by atoms with Crippen LogP contribution in [0.1, 0.15) is 38.5 Å². The number of halogens is 1. The number of hydrogen-bond donors (Lipinski definition) is 0. The van der Waals surface area contributed by atoms with Crippen molar-refractivity contribution in [2.45, 2.75) is 49.5 Å². The van der Waals surface area contributed by atoms with Crippen molar-refractivity contribution in [2.24, 2.45) is 0 Å². The molecule has 106 valence electrons. The summed E-state index contributed by atoms with van der Waals surface area (Å²) in [5.41, 5.74) is 0. The number of sulfonamides is 1. The van der Waals surface area contributed by atoms with E-state index in [1.54, 1.807) is 31.3 Å². The summed E-state index contributed by atoms with van der Waals surface area (Å²) < 4.78 is 26.7. The zero-order chi connectivity index (χ0) is 13.9. The van der Waals surface area contributed by atoms with Gasteiger partial charge in [-0.2, -0.15) is 4.31 Å². The SMILES string of the molecule is CN(C1CCCCCC1)S(=O)(=O)c1ccccc1Cl. The van der Waals surface area contributed by atoms with Gasteiger partial charge < -0.3 is 0 Å². The fraction of sp³-hybridized carbons (Fsp3) is 0.571. The van der Waals surface area contributed by atoms with Gasteiger partial charge in [-0.05, 0) is 25.0 Å². The molecule has 0 spiro atoms. The highest BCUT2D eigenvalue weighted by Gasteiger charge is 2.29. The van der Waals surface area contributed by atoms with Gasteiger partial charge in [-0.1, -0.05) is 49.4 Å². The number of benzene rings is 1. The molecule has 0 radical (unpaired) electrons. The van der Waals surface area contributed by atoms with Gasteiger partial charge in [-0.15, -0.1) is 0 Å². The number of nitrogens with zero attached hydrogens (tertiary/aromatic N) is 1. The molecular formula is C14H20ClNO2S. The van der Waals surface area contributed by atoms with Crippen molar-refractivity contribution >= 4 is 21.6 Å². The first-order valence-corrected chi connectivity index (χ1v) is 8.58. The topological polar surface area (TPSA) is 37.4 Å². The Bertz CT molecular complexity index is 522. The molecule has 1 fully saturated rings. The fourth-order valence-corrected chi connectivity index (χ4v) is 4.53. The van der Waals surface area contributed by atoms with Gasteiger partial charge in [0.25, 0.3) is 0 Å². The fourth-order valence-electron chi connectivity index (χ4n) is 2.63. The second-order valence-electron chi connectivity index (χ2n) is 5.10. The maximum atomic E-state index is 12.6. The molecule has 0 atom stereocenters. The van der Waals surface area contributed by atoms with Crippen molar-refractivity contribution in [2.75, 3.05) is 7.05 Å². The predicted molar refractivity (Wildman–Crippen MR) is 77.9 cm³/mol. The van der Waals surface area contributed by atoms with Crippen LogP contribution in [0, 0.1) is 0 Å². The van der Waals surface area contributed by atoms with Crippen LogP contribution in [0.5, 0.6) is 0 Å². The van der Waals surface area contributed by atoms with Gasteiger partial charge in [-0.25, -0.2) is 8.42 Å². The van der Waals surface area contributed by atoms with Crippen LogP contribution in [0.15, 0.2) is 29.2 Å². The van der Waals surface area contributed by atoms with E-state index in [2.05, 4.69) is 0 Å². The summed E-state index contributed by atoms with van der Waals surface area (Å²) in [6.07, 6.45) is 6.51. The first-order chi connectivity index (χ1) is 9.03. The van der Waals surface area contributed by atoms with E-state index < -0.39 is 10.0 Å². The van der Waals surface area contributed by atoms with Gasteiger partial charge in [-0.3, -0.25) is 0 Å². The molecule has 1 aliphatic carbocycles. The largest absolute Gasteiger partial charge is 0.244 e. The average molecular weight is 302 g/mol. The standard InChI is InChI=1S/C14H20ClNO2S/c1-16(12-8-4-2-3-5-9-12)19(17,18)14-11-7-6-10-13(14)15/h6-7,10-12H,2-5,8-9H2,1H3. The highest BCUT2D eigenvalue weighted by molar-refractivity contribution is 7.89. The maximum absolute atomic E-state index is 12.6. The lowest BCUT2D eigenvalue weighted by Gasteiger charge is -2.26. The van der Waals surface area contributed by atoms with Crippen molar-refractivity contribution in [3.63, 3.8) is 0 Å². The normalized spacial score (nSPS) is 18.5. The van der Waals surface area contributed by atoms with Gasteiger partial charge in [0.15, 0.2) is 0 Å². The van der Waals surface area contributed by atoms with Gasteiger partial charge in [0, 0.05) is 13.1 Å². The Morgan fingerprint density at radius 3 is 2.26 bits per heavy atom. The average Bonchev–Trinajstić information content (AvgIpc) is 2.67. The zero-order valence-corrected chi connectivity index (χ0v) is 12.8. The second-order valence-corrected chi connectivity index (χ2v) is 7.47. The third-order valence-corrected chi connectivity index (χ3v) is 6.24. The van der Waals surface area contributed by atoms with Crippen molar-refractivity contribution in [3.05, 3.63) is 29.3 Å². The lowest BCUT2D eigenvalue weighted by Crippen LogP contribution is -2.36. The highest BCUT2D eigenvalue weighted by Crippen LogP contribution is 2.28. The summed E-state index contributed by atoms with van der Waals surface area (Å²) >= 11 is 6.02. The molecule has 19 heavy (non-hydrogen) atoms. The molecule has 0 N–H and O–H groups in total. The van der Waals surface area contributed by atoms with Crippen LogP contribution in [0.3, 0.4) is 0 Å². The van der Waals surface area contributed by atoms with Gasteiger partial charge in [0.05, 0.1) is 5.02 Å². The highest BCUT2D eigenvalue weighted by atomic mass is 35.5. The molecular weight excluding hydrogens is 282 g/mol. The van der Waals surface area contributed by atoms with E-state index in [1.165, 1.54) is 17.1 Å². The Morgan fingerprint density at radius 2 is 1.68 bits per heavy atom. The summed E-state index contributed by atoms with van der Waals surface area (Å²) in [4.78, 5) is 0.211. The quantitative estimate of drug-likeness (QED) is 0.799. The van der Waals surface area contributed by atoms with E-state index in [1.807, 2.05) is 0 Å². The summed E-state index contributed by atoms with van der Waals surface area (Å²) in [7, 11) is -1.81. The van der Waals surface area contributed by atoms with Crippen LogP contribution in [-0.2, 0) is 10.0 Å². The molecule has 1 saturated carbocycles. The minimum Gasteiger partial charge on any atom is -0.207 e. The smallest absolute Gasteiger partial charge is 0.207 e. The van der Waals surface area contributed by atoms with Crippen molar-refractivity contribution in [3.8, 4) is 0 Å². The van der Waals surface area contributed by atoms with Crippen LogP contribution in [-0.4, -0.2) is 25.8 Å². The zero-order valence-electron chi connectivity index (χ0n) is 11.2. The summed E-state index contributed by atoms with van der Waals surface area (Å²) in [6, 6.07) is 6.75. The Hall–Kier alpha value is -0.580. The lowest BCUT2D eigenvalue weighted by molar-refractivity contribution is 0.336. The molecule has 2 rings (SSSR count). The molecule has 1 aromatic carbocycles. The first-order valence-electron chi connectivity index (χ1n) is 6.76. The second kappa shape index (κ2) is 6.25. The van der Waals surface area contributed by atoms with Gasteiger partial charge in [0.1, 0.15) is 4.90 Å². The van der Waals surface area contributed by atoms with Crippen LogP contribution in [0.25, 0.3) is 0 Å². The molecule has 1 aliphatic rings. The molecule has 1 aromatic rings. The summed E-state index contributed by atoms with van der Waals surface area (Å²) in [5, 5.41) is 0.294. The van der Waals surface area contributed by atoms with Crippen LogP contribution < -0.4 is 0 Å². The van der Waals surface area contributed by atoms with Crippen molar-refractivity contribution < 1.29 is 8.42 Å². The molecule has 0 aliphatic heterocycles. The van der Waals surface area contributed by atoms with E-state index in [-0.39, 0.29) is 10.9 Å². The first kappa shape index (κ1) is 14.8. The molecule has 0 aromatic heterocycles. The molecule has 0 saturated heterocycles. The maximum Gasteiger partial charge on any atom is 0.244 e. The Labute approximate surface area is 120 Å². The predicted octanol–water partition coefficient (Wildman–Crippen LogP) is 3.68. The Kier molecular flexibility index (Phi) is 4.87. The molecule has 0 unspecified atom stereocenters. The number of hydrogen-bond acceptors (Lipinski definition) is 2. The Morgan fingerprint density at radius 1 is 1.11 bits per heavy atom. The lowest BCUT2D eigenvalue weighted by atomic mass is 10.1. The minimum absolute atomic E-state index is 0.101. The monoisotopic (exact) mass is 301 g/mol. The third kappa shape index (κ3) is 3.30. The van der Waals surface area contributed by atoms with E-state index in [4.69, 9.17) is 11.6 Å². The third-order valence-electron chi connectivity index (χ3n) is 3.83. The number of rotatable bonds is 3. The summed E-state index contributed by atoms with van der Waals surface area (Å²) in [5.74, 6) is 0. The molecule has 0 amide bonds. The minimum atomic E-state index is -3.48. The molecule has 0 heterocycles. The van der Waals surface area contributed by atoms with Gasteiger partial charge in [0.2, 0.25) is 10.0 Å². The van der Waals surface area contributed by atoms with E-state index in [0.717, 1.165) is 25.7 Å². The molecule has 3 nitrogen and oxygen atoms in total. The van der Waals surface area contributed by atoms with E-state index >= 15 is 0 Å². The van der Waals surface area contributed by atoms with Crippen LogP contribution in [0.4, 0.5) is 0 Å². The van der Waals surface area contributed by atoms with Gasteiger partial charge >= 0.3 is 0 Å². The van der Waals surface area contributed by atoms with Crippen molar-refractivity contribution in [1.29, 1.82) is 0 Å². The van der Waals surface area contributed by atoms with Crippen LogP contribution >= 0.6 is 11.6 Å². The van der Waals surface area contributed by atoms with Crippen LogP contribution in [0.2, 0.25) is 5.02 Å². The van der Waals surface area contributed by atoms with Crippen molar-refractivity contribution in [1.82, 2.24) is 4.31 Å².